The highest BCUT2D eigenvalue weighted by Crippen LogP contribution is 2.57. The van der Waals surface area contributed by atoms with Crippen molar-refractivity contribution < 1.29 is 4.79 Å². The number of carbonyl (C=O) groups is 1. The number of halogens is 1. The summed E-state index contributed by atoms with van der Waals surface area (Å²) in [7, 11) is 1.82. The van der Waals surface area contributed by atoms with Gasteiger partial charge in [-0.05, 0) is 36.8 Å². The van der Waals surface area contributed by atoms with Gasteiger partial charge in [0.15, 0.2) is 5.82 Å². The summed E-state index contributed by atoms with van der Waals surface area (Å²) in [5.74, 6) is 1.39. The number of aromatic nitrogens is 2. The van der Waals surface area contributed by atoms with Gasteiger partial charge in [0.1, 0.15) is 11.2 Å². The summed E-state index contributed by atoms with van der Waals surface area (Å²) in [4.78, 5) is 25.5. The molecular formula is C15H19ClN4O. The van der Waals surface area contributed by atoms with E-state index in [1.165, 1.54) is 12.8 Å². The Bertz CT molecular complexity index is 616. The van der Waals surface area contributed by atoms with Crippen molar-refractivity contribution in [1.82, 2.24) is 9.97 Å². The maximum absolute atomic E-state index is 12.9. The molecule has 112 valence electrons. The Morgan fingerprint density at radius 3 is 2.67 bits per heavy atom. The van der Waals surface area contributed by atoms with Crippen molar-refractivity contribution in [2.75, 3.05) is 16.8 Å². The van der Waals surface area contributed by atoms with Crippen LogP contribution in [0.1, 0.15) is 39.0 Å². The zero-order chi connectivity index (χ0) is 14.8. The number of rotatable bonds is 1. The molecule has 21 heavy (non-hydrogen) atoms. The third-order valence-corrected chi connectivity index (χ3v) is 5.56. The maximum atomic E-state index is 12.9. The summed E-state index contributed by atoms with van der Waals surface area (Å²) in [6, 6.07) is 0.400. The Hall–Kier alpha value is -1.36. The average Bonchev–Trinajstić information content (AvgIpc) is 2.88. The fourth-order valence-corrected chi connectivity index (χ4v) is 4.28. The first-order valence-electron chi connectivity index (χ1n) is 7.65. The van der Waals surface area contributed by atoms with E-state index in [1.54, 1.807) is 11.1 Å². The van der Waals surface area contributed by atoms with Gasteiger partial charge in [0.25, 0.3) is 5.91 Å². The predicted octanol–water partition coefficient (Wildman–Crippen LogP) is 2.63. The molecule has 0 radical (unpaired) electrons. The molecule has 0 aromatic carbocycles. The summed E-state index contributed by atoms with van der Waals surface area (Å²) in [5.41, 5.74) is 0.384. The lowest BCUT2D eigenvalue weighted by Gasteiger charge is -2.45. The smallest absolute Gasteiger partial charge is 0.253 e. The second-order valence-corrected chi connectivity index (χ2v) is 6.89. The van der Waals surface area contributed by atoms with Crippen LogP contribution < -0.4 is 9.80 Å². The van der Waals surface area contributed by atoms with Crippen molar-refractivity contribution in [2.45, 2.75) is 50.6 Å². The molecule has 0 saturated heterocycles. The van der Waals surface area contributed by atoms with Crippen LogP contribution in [0.4, 0.5) is 11.5 Å². The van der Waals surface area contributed by atoms with Crippen LogP contribution in [-0.2, 0) is 4.79 Å². The molecule has 2 saturated carbocycles. The Balaban J connectivity index is 1.90. The molecule has 1 amide bonds. The molecule has 1 spiro atoms. The van der Waals surface area contributed by atoms with Crippen LogP contribution in [0.15, 0.2) is 6.20 Å². The Kier molecular flexibility index (Phi) is 2.74. The SMILES string of the molecule is C[C@H]1C[C@@]12C(=O)N(C)c1cnc(Cl)nc1N2C1CCCC1. The number of hydrogen-bond donors (Lipinski definition) is 0. The van der Waals surface area contributed by atoms with E-state index >= 15 is 0 Å². The number of fused-ring (bicyclic) bond motifs is 1. The molecule has 3 aliphatic rings. The van der Waals surface area contributed by atoms with E-state index in [-0.39, 0.29) is 11.2 Å². The molecule has 0 bridgehead atoms. The molecule has 1 aromatic heterocycles. The van der Waals surface area contributed by atoms with E-state index in [4.69, 9.17) is 11.6 Å². The van der Waals surface area contributed by atoms with E-state index in [2.05, 4.69) is 21.8 Å². The highest BCUT2D eigenvalue weighted by molar-refractivity contribution is 6.28. The zero-order valence-electron chi connectivity index (χ0n) is 12.3. The van der Waals surface area contributed by atoms with E-state index in [9.17, 15) is 4.79 Å². The normalized spacial score (nSPS) is 32.0. The van der Waals surface area contributed by atoms with Gasteiger partial charge in [0, 0.05) is 13.1 Å². The lowest BCUT2D eigenvalue weighted by molar-refractivity contribution is -0.121. The lowest BCUT2D eigenvalue weighted by atomic mass is 10.0. The average molecular weight is 307 g/mol. The molecule has 0 unspecified atom stereocenters. The highest BCUT2D eigenvalue weighted by atomic mass is 35.5. The third-order valence-electron chi connectivity index (χ3n) is 5.38. The second kappa shape index (κ2) is 4.32. The molecule has 2 aliphatic carbocycles. The van der Waals surface area contributed by atoms with Crippen molar-refractivity contribution in [2.24, 2.45) is 5.92 Å². The second-order valence-electron chi connectivity index (χ2n) is 6.55. The molecule has 5 nitrogen and oxygen atoms in total. The van der Waals surface area contributed by atoms with E-state index < -0.39 is 5.54 Å². The Morgan fingerprint density at radius 2 is 2.05 bits per heavy atom. The number of anilines is 2. The van der Waals surface area contributed by atoms with E-state index in [0.29, 0.717) is 12.0 Å². The fourth-order valence-electron chi connectivity index (χ4n) is 4.15. The fraction of sp³-hybridized carbons (Fsp3) is 0.667. The van der Waals surface area contributed by atoms with Crippen LogP contribution in [0.2, 0.25) is 5.28 Å². The molecule has 4 rings (SSSR count). The van der Waals surface area contributed by atoms with Crippen LogP contribution in [-0.4, -0.2) is 34.5 Å². The van der Waals surface area contributed by atoms with Crippen molar-refractivity contribution >= 4 is 29.0 Å². The number of amides is 1. The van der Waals surface area contributed by atoms with E-state index in [0.717, 1.165) is 30.8 Å². The summed E-state index contributed by atoms with van der Waals surface area (Å²) < 4.78 is 0. The minimum Gasteiger partial charge on any atom is -0.337 e. The highest BCUT2D eigenvalue weighted by Gasteiger charge is 2.66. The minimum absolute atomic E-state index is 0.181. The third kappa shape index (κ3) is 1.67. The molecule has 0 N–H and O–H groups in total. The molecule has 2 fully saturated rings. The summed E-state index contributed by atoms with van der Waals surface area (Å²) >= 11 is 6.03. The first kappa shape index (κ1) is 13.3. The van der Waals surface area contributed by atoms with E-state index in [1.807, 2.05) is 7.05 Å². The molecule has 2 atom stereocenters. The minimum atomic E-state index is -0.394. The first-order chi connectivity index (χ1) is 10.1. The van der Waals surface area contributed by atoms with Crippen LogP contribution >= 0.6 is 11.6 Å². The van der Waals surface area contributed by atoms with Crippen molar-refractivity contribution in [1.29, 1.82) is 0 Å². The number of likely N-dealkylation sites (N-methyl/N-ethyl adjacent to an activating group) is 1. The first-order valence-corrected chi connectivity index (χ1v) is 8.03. The van der Waals surface area contributed by atoms with Gasteiger partial charge < -0.3 is 9.80 Å². The number of hydrogen-bond acceptors (Lipinski definition) is 4. The van der Waals surface area contributed by atoms with Gasteiger partial charge in [-0.1, -0.05) is 19.8 Å². The Labute approximate surface area is 129 Å². The molecular weight excluding hydrogens is 288 g/mol. The quantitative estimate of drug-likeness (QED) is 0.748. The topological polar surface area (TPSA) is 49.3 Å². The van der Waals surface area contributed by atoms with Gasteiger partial charge in [-0.25, -0.2) is 4.98 Å². The van der Waals surface area contributed by atoms with Crippen molar-refractivity contribution in [3.8, 4) is 0 Å². The maximum Gasteiger partial charge on any atom is 0.253 e. The lowest BCUT2D eigenvalue weighted by Crippen LogP contribution is -2.59. The molecule has 2 heterocycles. The Morgan fingerprint density at radius 1 is 1.38 bits per heavy atom. The van der Waals surface area contributed by atoms with Crippen molar-refractivity contribution in [3.63, 3.8) is 0 Å². The molecule has 1 aromatic rings. The number of carbonyl (C=O) groups excluding carboxylic acids is 1. The molecule has 1 aliphatic heterocycles. The summed E-state index contributed by atoms with van der Waals surface area (Å²) in [6.45, 7) is 2.15. The van der Waals surface area contributed by atoms with Gasteiger partial charge in [0.05, 0.1) is 6.20 Å². The van der Waals surface area contributed by atoms with Crippen LogP contribution in [0.3, 0.4) is 0 Å². The van der Waals surface area contributed by atoms with Crippen LogP contribution in [0, 0.1) is 5.92 Å². The number of nitrogens with zero attached hydrogens (tertiary/aromatic N) is 4. The predicted molar refractivity (Wildman–Crippen MR) is 81.7 cm³/mol. The van der Waals surface area contributed by atoms with Gasteiger partial charge in [-0.2, -0.15) is 4.98 Å². The van der Waals surface area contributed by atoms with Crippen molar-refractivity contribution in [3.05, 3.63) is 11.5 Å². The van der Waals surface area contributed by atoms with Crippen LogP contribution in [0.5, 0.6) is 0 Å². The van der Waals surface area contributed by atoms with Crippen LogP contribution in [0.25, 0.3) is 0 Å². The van der Waals surface area contributed by atoms with Gasteiger partial charge in [-0.15, -0.1) is 0 Å². The standard InChI is InChI=1S/C15H19ClN4O/c1-9-7-15(9)13(21)19(2)11-8-17-14(16)18-12(11)20(15)10-5-3-4-6-10/h8-10H,3-7H2,1-2H3/t9-,15-/m0/s1. The largest absolute Gasteiger partial charge is 0.337 e. The molecule has 6 heteroatoms. The summed E-state index contributed by atoms with van der Waals surface area (Å²) in [5, 5.41) is 0.253. The van der Waals surface area contributed by atoms with Gasteiger partial charge in [-0.3, -0.25) is 4.79 Å². The van der Waals surface area contributed by atoms with Gasteiger partial charge >= 0.3 is 0 Å². The van der Waals surface area contributed by atoms with Gasteiger partial charge in [0.2, 0.25) is 5.28 Å². The monoisotopic (exact) mass is 306 g/mol. The zero-order valence-corrected chi connectivity index (χ0v) is 13.1. The summed E-state index contributed by atoms with van der Waals surface area (Å²) in [6.07, 6.45) is 7.30.